The number of anilines is 1. The average molecular weight is 413 g/mol. The van der Waals surface area contributed by atoms with E-state index in [4.69, 9.17) is 0 Å². The van der Waals surface area contributed by atoms with Crippen LogP contribution in [0.2, 0.25) is 0 Å². The molecule has 2 N–H and O–H groups in total. The maximum Gasteiger partial charge on any atom is 0.329 e. The van der Waals surface area contributed by atoms with E-state index >= 15 is 4.39 Å². The van der Waals surface area contributed by atoms with Crippen LogP contribution >= 0.6 is 0 Å². The van der Waals surface area contributed by atoms with Gasteiger partial charge in [0, 0.05) is 30.7 Å². The Bertz CT molecular complexity index is 1160. The third-order valence-corrected chi connectivity index (χ3v) is 6.69. The molecule has 2 aromatic rings. The molecule has 0 bridgehead atoms. The summed E-state index contributed by atoms with van der Waals surface area (Å²) in [7, 11) is 1.86. The highest BCUT2D eigenvalue weighted by atomic mass is 19.1. The van der Waals surface area contributed by atoms with Crippen molar-refractivity contribution in [2.75, 3.05) is 25.0 Å². The number of nitriles is 1. The second-order valence-electron chi connectivity index (χ2n) is 9.18. The van der Waals surface area contributed by atoms with Crippen molar-refractivity contribution in [2.24, 2.45) is 11.3 Å². The lowest BCUT2D eigenvalue weighted by molar-refractivity contribution is 0.253. The molecule has 30 heavy (non-hydrogen) atoms. The van der Waals surface area contributed by atoms with Crippen molar-refractivity contribution in [3.8, 4) is 6.07 Å². The van der Waals surface area contributed by atoms with Gasteiger partial charge in [-0.3, -0.25) is 14.3 Å². The fourth-order valence-electron chi connectivity index (χ4n) is 5.15. The first-order chi connectivity index (χ1) is 14.2. The number of hydrogen-bond acceptors (Lipinski definition) is 5. The van der Waals surface area contributed by atoms with E-state index in [-0.39, 0.29) is 23.4 Å². The topological polar surface area (TPSA) is 93.9 Å². The van der Waals surface area contributed by atoms with Gasteiger partial charge in [-0.1, -0.05) is 0 Å². The van der Waals surface area contributed by atoms with Crippen LogP contribution in [0.4, 0.5) is 10.1 Å². The minimum absolute atomic E-state index is 0.0242. The Morgan fingerprint density at radius 2 is 2.03 bits per heavy atom. The van der Waals surface area contributed by atoms with Crippen molar-refractivity contribution >= 4 is 16.6 Å². The number of aromatic nitrogens is 2. The first-order valence-electron chi connectivity index (χ1n) is 10.5. The molecule has 0 radical (unpaired) electrons. The van der Waals surface area contributed by atoms with Gasteiger partial charge in [0.05, 0.1) is 28.1 Å². The molecule has 8 heteroatoms. The number of rotatable bonds is 5. The summed E-state index contributed by atoms with van der Waals surface area (Å²) in [4.78, 5) is 29.2. The predicted octanol–water partition coefficient (Wildman–Crippen LogP) is 2.44. The SMILES string of the molecule is CNC(C1CCN(c2c(F)cc3c(=O)[nH]c(=O)n(C4CC4)c3c2C)C1)C(C)(C)C#N. The standard InChI is InChI=1S/C22H28FN5O2/c1-12-17-15(20(29)26-21(30)28(17)14-5-6-14)9-16(23)18(12)27-8-7-13(10-27)19(25-4)22(2,3)11-24/h9,13-14,19,25H,5-8,10H2,1-4H3,(H,26,29,30). The van der Waals surface area contributed by atoms with E-state index in [1.807, 2.05) is 25.8 Å². The largest absolute Gasteiger partial charge is 0.369 e. The number of halogens is 1. The highest BCUT2D eigenvalue weighted by molar-refractivity contribution is 5.87. The molecule has 1 aliphatic carbocycles. The van der Waals surface area contributed by atoms with Crippen LogP contribution in [0.1, 0.15) is 44.7 Å². The van der Waals surface area contributed by atoms with Gasteiger partial charge >= 0.3 is 5.69 Å². The minimum Gasteiger partial charge on any atom is -0.369 e. The van der Waals surface area contributed by atoms with Crippen LogP contribution in [0.3, 0.4) is 0 Å². The Hall–Kier alpha value is -2.66. The highest BCUT2D eigenvalue weighted by Crippen LogP contribution is 2.40. The number of nitrogens with one attached hydrogen (secondary N) is 2. The Morgan fingerprint density at radius 1 is 1.33 bits per heavy atom. The van der Waals surface area contributed by atoms with Gasteiger partial charge in [0.1, 0.15) is 5.82 Å². The number of hydrogen-bond donors (Lipinski definition) is 2. The van der Waals surface area contributed by atoms with Gasteiger partial charge in [-0.25, -0.2) is 9.18 Å². The molecular formula is C22H28FN5O2. The zero-order valence-corrected chi connectivity index (χ0v) is 17.9. The van der Waals surface area contributed by atoms with Crippen molar-refractivity contribution < 1.29 is 4.39 Å². The molecule has 1 saturated heterocycles. The van der Waals surface area contributed by atoms with Gasteiger partial charge in [0.2, 0.25) is 0 Å². The van der Waals surface area contributed by atoms with E-state index in [0.29, 0.717) is 29.9 Å². The molecule has 1 aliphatic heterocycles. The zero-order chi connectivity index (χ0) is 21.8. The Labute approximate surface area is 174 Å². The maximum atomic E-state index is 15.2. The number of fused-ring (bicyclic) bond motifs is 1. The fourth-order valence-corrected chi connectivity index (χ4v) is 5.15. The molecule has 4 rings (SSSR count). The van der Waals surface area contributed by atoms with E-state index in [9.17, 15) is 14.9 Å². The summed E-state index contributed by atoms with van der Waals surface area (Å²) >= 11 is 0. The highest BCUT2D eigenvalue weighted by Gasteiger charge is 2.39. The minimum atomic E-state index is -0.550. The fraction of sp³-hybridized carbons (Fsp3) is 0.591. The lowest BCUT2D eigenvalue weighted by Crippen LogP contribution is -2.46. The van der Waals surface area contributed by atoms with E-state index in [2.05, 4.69) is 16.4 Å². The van der Waals surface area contributed by atoms with Crippen LogP contribution in [0.15, 0.2) is 15.7 Å². The van der Waals surface area contributed by atoms with Gasteiger partial charge < -0.3 is 10.2 Å². The third-order valence-electron chi connectivity index (χ3n) is 6.69. The number of nitrogens with zero attached hydrogens (tertiary/aromatic N) is 3. The van der Waals surface area contributed by atoms with E-state index < -0.39 is 22.5 Å². The van der Waals surface area contributed by atoms with Crippen molar-refractivity contribution in [3.63, 3.8) is 0 Å². The summed E-state index contributed by atoms with van der Waals surface area (Å²) in [6.07, 6.45) is 2.59. The number of H-pyrrole nitrogens is 1. The van der Waals surface area contributed by atoms with E-state index in [1.165, 1.54) is 6.07 Å². The monoisotopic (exact) mass is 413 g/mol. The summed E-state index contributed by atoms with van der Waals surface area (Å²) in [6, 6.07) is 3.68. The number of aromatic amines is 1. The summed E-state index contributed by atoms with van der Waals surface area (Å²) in [5.74, 6) is -0.267. The van der Waals surface area contributed by atoms with Crippen molar-refractivity contribution in [1.82, 2.24) is 14.9 Å². The molecule has 160 valence electrons. The van der Waals surface area contributed by atoms with Gasteiger partial charge in [-0.15, -0.1) is 0 Å². The second-order valence-corrected chi connectivity index (χ2v) is 9.18. The van der Waals surface area contributed by atoms with Gasteiger partial charge in [-0.05, 0) is 59.1 Å². The average Bonchev–Trinajstić information content (AvgIpc) is 3.41. The molecular weight excluding hydrogens is 385 g/mol. The van der Waals surface area contributed by atoms with Gasteiger partial charge in [0.25, 0.3) is 5.56 Å². The summed E-state index contributed by atoms with van der Waals surface area (Å²) in [6.45, 7) is 6.89. The van der Waals surface area contributed by atoms with Crippen LogP contribution in [-0.2, 0) is 0 Å². The summed E-state index contributed by atoms with van der Waals surface area (Å²) in [5, 5.41) is 13.1. The second kappa shape index (κ2) is 7.24. The zero-order valence-electron chi connectivity index (χ0n) is 17.9. The molecule has 2 fully saturated rings. The van der Waals surface area contributed by atoms with Gasteiger partial charge in [0.15, 0.2) is 0 Å². The molecule has 2 aliphatic rings. The van der Waals surface area contributed by atoms with Crippen LogP contribution in [0, 0.1) is 35.4 Å². The molecule has 2 atom stereocenters. The summed E-state index contributed by atoms with van der Waals surface area (Å²) < 4.78 is 16.8. The molecule has 0 amide bonds. The molecule has 1 aromatic heterocycles. The van der Waals surface area contributed by atoms with Crippen molar-refractivity contribution in [1.29, 1.82) is 5.26 Å². The molecule has 1 aromatic carbocycles. The first kappa shape index (κ1) is 20.6. The lowest BCUT2D eigenvalue weighted by Gasteiger charge is -2.33. The quantitative estimate of drug-likeness (QED) is 0.785. The third kappa shape index (κ3) is 3.21. The normalized spacial score (nSPS) is 20.5. The number of benzene rings is 1. The molecule has 2 heterocycles. The lowest BCUT2D eigenvalue weighted by atomic mass is 9.78. The number of aryl methyl sites for hydroxylation is 1. The Balaban J connectivity index is 1.79. The molecule has 0 spiro atoms. The Kier molecular flexibility index (Phi) is 4.97. The first-order valence-corrected chi connectivity index (χ1v) is 10.5. The summed E-state index contributed by atoms with van der Waals surface area (Å²) in [5.41, 5.74) is 0.0854. The van der Waals surface area contributed by atoms with Gasteiger partial charge in [-0.2, -0.15) is 5.26 Å². The van der Waals surface area contributed by atoms with Crippen LogP contribution in [0.5, 0.6) is 0 Å². The Morgan fingerprint density at radius 3 is 2.63 bits per heavy atom. The van der Waals surface area contributed by atoms with Crippen LogP contribution < -0.4 is 21.5 Å². The predicted molar refractivity (Wildman–Crippen MR) is 114 cm³/mol. The molecule has 1 saturated carbocycles. The smallest absolute Gasteiger partial charge is 0.329 e. The van der Waals surface area contributed by atoms with Crippen LogP contribution in [0.25, 0.3) is 10.9 Å². The van der Waals surface area contributed by atoms with E-state index in [1.54, 1.807) is 11.5 Å². The maximum absolute atomic E-state index is 15.2. The molecule has 2 unspecified atom stereocenters. The van der Waals surface area contributed by atoms with Crippen molar-refractivity contribution in [2.45, 2.75) is 52.1 Å². The van der Waals surface area contributed by atoms with Crippen LogP contribution in [-0.4, -0.2) is 35.7 Å². The molecule has 7 nitrogen and oxygen atoms in total. The van der Waals surface area contributed by atoms with E-state index in [0.717, 1.165) is 19.3 Å². The van der Waals surface area contributed by atoms with Crippen molar-refractivity contribution in [3.05, 3.63) is 38.3 Å².